The Hall–Kier alpha value is -1.91. The molecule has 78 valence electrons. The van der Waals surface area contributed by atoms with Crippen molar-refractivity contribution in [2.45, 2.75) is 0 Å². The van der Waals surface area contributed by atoms with E-state index in [9.17, 15) is 9.18 Å². The predicted molar refractivity (Wildman–Crippen MR) is 52.5 cm³/mol. The highest BCUT2D eigenvalue weighted by molar-refractivity contribution is 5.93. The normalized spacial score (nSPS) is 14.6. The number of carboxylic acid groups (broad SMARTS) is 1. The van der Waals surface area contributed by atoms with Crippen LogP contribution in [0.5, 0.6) is 0 Å². The standard InChI is InChI=1S/C10H9FN2O2/c11-7-5-8(10(14)15)9(12-6-7)13-3-1-2-4-13/h1-2,5-6H,3-4H2,(H,14,15). The first-order chi connectivity index (χ1) is 7.18. The van der Waals surface area contributed by atoms with Gasteiger partial charge in [0, 0.05) is 13.1 Å². The summed E-state index contributed by atoms with van der Waals surface area (Å²) >= 11 is 0. The maximum absolute atomic E-state index is 12.8. The van der Waals surface area contributed by atoms with E-state index < -0.39 is 11.8 Å². The monoisotopic (exact) mass is 208 g/mol. The molecule has 0 unspecified atom stereocenters. The molecule has 0 atom stereocenters. The van der Waals surface area contributed by atoms with Crippen LogP contribution >= 0.6 is 0 Å². The van der Waals surface area contributed by atoms with Crippen molar-refractivity contribution in [3.05, 3.63) is 35.8 Å². The minimum atomic E-state index is -1.16. The molecule has 0 saturated carbocycles. The molecule has 4 nitrogen and oxygen atoms in total. The van der Waals surface area contributed by atoms with E-state index in [1.165, 1.54) is 0 Å². The molecule has 1 aromatic heterocycles. The Balaban J connectivity index is 2.41. The van der Waals surface area contributed by atoms with E-state index in [4.69, 9.17) is 5.11 Å². The number of aromatic carboxylic acids is 1. The lowest BCUT2D eigenvalue weighted by atomic mass is 10.2. The van der Waals surface area contributed by atoms with Gasteiger partial charge in [0.05, 0.1) is 6.20 Å². The highest BCUT2D eigenvalue weighted by atomic mass is 19.1. The maximum Gasteiger partial charge on any atom is 0.339 e. The summed E-state index contributed by atoms with van der Waals surface area (Å²) in [5.74, 6) is -1.49. The summed E-state index contributed by atoms with van der Waals surface area (Å²) in [6.07, 6.45) is 4.85. The molecule has 0 fully saturated rings. The number of pyridine rings is 1. The molecule has 0 amide bonds. The van der Waals surface area contributed by atoms with Gasteiger partial charge in [-0.1, -0.05) is 12.2 Å². The van der Waals surface area contributed by atoms with Crippen LogP contribution in [0.25, 0.3) is 0 Å². The fourth-order valence-corrected chi connectivity index (χ4v) is 1.49. The molecule has 1 N–H and O–H groups in total. The second-order valence-electron chi connectivity index (χ2n) is 3.21. The van der Waals surface area contributed by atoms with Crippen LogP contribution in [-0.4, -0.2) is 29.1 Å². The van der Waals surface area contributed by atoms with Crippen LogP contribution in [0.3, 0.4) is 0 Å². The molecule has 0 aromatic carbocycles. The highest BCUT2D eigenvalue weighted by Gasteiger charge is 2.18. The third kappa shape index (κ3) is 1.81. The summed E-state index contributed by atoms with van der Waals surface area (Å²) in [4.78, 5) is 16.5. The van der Waals surface area contributed by atoms with Crippen molar-refractivity contribution in [1.29, 1.82) is 0 Å². The SMILES string of the molecule is O=C(O)c1cc(F)cnc1N1CC=CC1. The van der Waals surface area contributed by atoms with Gasteiger partial charge in [0.2, 0.25) is 0 Å². The Morgan fingerprint density at radius 2 is 2.13 bits per heavy atom. The first kappa shape index (κ1) is 9.64. The first-order valence-electron chi connectivity index (χ1n) is 4.47. The minimum absolute atomic E-state index is 0.0984. The van der Waals surface area contributed by atoms with Crippen molar-refractivity contribution in [3.8, 4) is 0 Å². The van der Waals surface area contributed by atoms with Crippen LogP contribution in [-0.2, 0) is 0 Å². The Kier molecular flexibility index (Phi) is 2.37. The van der Waals surface area contributed by atoms with Gasteiger partial charge in [-0.2, -0.15) is 0 Å². The molecule has 1 aliphatic rings. The number of carbonyl (C=O) groups is 1. The van der Waals surface area contributed by atoms with E-state index in [2.05, 4.69) is 4.98 Å². The lowest BCUT2D eigenvalue weighted by Gasteiger charge is -2.18. The molecule has 0 saturated heterocycles. The Labute approximate surface area is 85.7 Å². The molecule has 1 aliphatic heterocycles. The molecule has 2 heterocycles. The zero-order valence-corrected chi connectivity index (χ0v) is 7.85. The van der Waals surface area contributed by atoms with Gasteiger partial charge in [0.15, 0.2) is 0 Å². The summed E-state index contributed by atoms with van der Waals surface area (Å²) in [6, 6.07) is 0.989. The van der Waals surface area contributed by atoms with Crippen molar-refractivity contribution in [3.63, 3.8) is 0 Å². The third-order valence-electron chi connectivity index (χ3n) is 2.18. The third-order valence-corrected chi connectivity index (χ3v) is 2.18. The number of anilines is 1. The van der Waals surface area contributed by atoms with Crippen LogP contribution < -0.4 is 4.90 Å². The molecule has 0 spiro atoms. The molecular weight excluding hydrogens is 199 g/mol. The maximum atomic E-state index is 12.8. The summed E-state index contributed by atoms with van der Waals surface area (Å²) in [5, 5.41) is 8.90. The van der Waals surface area contributed by atoms with Gasteiger partial charge in [-0.15, -0.1) is 0 Å². The first-order valence-corrected chi connectivity index (χ1v) is 4.47. The summed E-state index contributed by atoms with van der Waals surface area (Å²) in [7, 11) is 0. The van der Waals surface area contributed by atoms with Gasteiger partial charge in [-0.3, -0.25) is 0 Å². The van der Waals surface area contributed by atoms with E-state index in [0.717, 1.165) is 12.3 Å². The summed E-state index contributed by atoms with van der Waals surface area (Å²) < 4.78 is 12.8. The van der Waals surface area contributed by atoms with Crippen LogP contribution in [0.2, 0.25) is 0 Å². The zero-order chi connectivity index (χ0) is 10.8. The average molecular weight is 208 g/mol. The Morgan fingerprint density at radius 1 is 1.47 bits per heavy atom. The van der Waals surface area contributed by atoms with Crippen molar-refractivity contribution in [1.82, 2.24) is 4.98 Å². The molecule has 0 bridgehead atoms. The van der Waals surface area contributed by atoms with Crippen molar-refractivity contribution in [2.24, 2.45) is 0 Å². The minimum Gasteiger partial charge on any atom is -0.478 e. The topological polar surface area (TPSA) is 53.4 Å². The number of nitrogens with zero attached hydrogens (tertiary/aromatic N) is 2. The molecule has 2 rings (SSSR count). The molecule has 15 heavy (non-hydrogen) atoms. The fraction of sp³-hybridized carbons (Fsp3) is 0.200. The van der Waals surface area contributed by atoms with Crippen LogP contribution in [0.4, 0.5) is 10.2 Å². The highest BCUT2D eigenvalue weighted by Crippen LogP contribution is 2.20. The average Bonchev–Trinajstić information content (AvgIpc) is 2.70. The Bertz CT molecular complexity index is 423. The van der Waals surface area contributed by atoms with E-state index in [-0.39, 0.29) is 5.56 Å². The van der Waals surface area contributed by atoms with Gasteiger partial charge in [0.25, 0.3) is 0 Å². The van der Waals surface area contributed by atoms with Gasteiger partial charge < -0.3 is 10.0 Å². The van der Waals surface area contributed by atoms with Gasteiger partial charge >= 0.3 is 5.97 Å². The smallest absolute Gasteiger partial charge is 0.339 e. The number of aromatic nitrogens is 1. The molecule has 1 aromatic rings. The van der Waals surface area contributed by atoms with Crippen molar-refractivity contribution >= 4 is 11.8 Å². The van der Waals surface area contributed by atoms with Gasteiger partial charge in [-0.05, 0) is 6.07 Å². The number of hydrogen-bond donors (Lipinski definition) is 1. The van der Waals surface area contributed by atoms with Crippen LogP contribution in [0.15, 0.2) is 24.4 Å². The van der Waals surface area contributed by atoms with Crippen LogP contribution in [0, 0.1) is 5.82 Å². The van der Waals surface area contributed by atoms with E-state index in [0.29, 0.717) is 18.9 Å². The largest absolute Gasteiger partial charge is 0.478 e. The zero-order valence-electron chi connectivity index (χ0n) is 7.85. The lowest BCUT2D eigenvalue weighted by Crippen LogP contribution is -2.22. The summed E-state index contributed by atoms with van der Waals surface area (Å²) in [6.45, 7) is 1.22. The quantitative estimate of drug-likeness (QED) is 0.744. The van der Waals surface area contributed by atoms with Crippen molar-refractivity contribution in [2.75, 3.05) is 18.0 Å². The predicted octanol–water partition coefficient (Wildman–Crippen LogP) is 1.30. The van der Waals surface area contributed by atoms with E-state index >= 15 is 0 Å². The molecule has 0 aliphatic carbocycles. The fourth-order valence-electron chi connectivity index (χ4n) is 1.49. The second kappa shape index (κ2) is 3.68. The Morgan fingerprint density at radius 3 is 2.73 bits per heavy atom. The number of rotatable bonds is 2. The van der Waals surface area contributed by atoms with E-state index in [1.807, 2.05) is 12.2 Å². The van der Waals surface area contributed by atoms with E-state index in [1.54, 1.807) is 4.90 Å². The molecule has 0 radical (unpaired) electrons. The lowest BCUT2D eigenvalue weighted by molar-refractivity contribution is 0.0696. The second-order valence-corrected chi connectivity index (χ2v) is 3.21. The summed E-state index contributed by atoms with van der Waals surface area (Å²) in [5.41, 5.74) is -0.0984. The number of hydrogen-bond acceptors (Lipinski definition) is 3. The molecular formula is C10H9FN2O2. The van der Waals surface area contributed by atoms with Crippen LogP contribution in [0.1, 0.15) is 10.4 Å². The van der Waals surface area contributed by atoms with Crippen molar-refractivity contribution < 1.29 is 14.3 Å². The number of carboxylic acids is 1. The molecule has 5 heteroatoms. The van der Waals surface area contributed by atoms with Gasteiger partial charge in [0.1, 0.15) is 17.2 Å². The number of halogens is 1. The van der Waals surface area contributed by atoms with Gasteiger partial charge in [-0.25, -0.2) is 14.2 Å².